The molecule has 0 aromatic heterocycles. The first kappa shape index (κ1) is 15.0. The molecule has 0 unspecified atom stereocenters. The Hall–Kier alpha value is -1.10. The summed E-state index contributed by atoms with van der Waals surface area (Å²) in [4.78, 5) is 25.5. The molecular weight excluding hydrogens is 232 g/mol. The van der Waals surface area contributed by atoms with Crippen LogP contribution in [0, 0.1) is 5.92 Å². The van der Waals surface area contributed by atoms with E-state index in [0.717, 1.165) is 0 Å². The highest BCUT2D eigenvalue weighted by atomic mass is 16.3. The molecule has 104 valence electrons. The first-order valence-corrected chi connectivity index (χ1v) is 6.71. The van der Waals surface area contributed by atoms with E-state index < -0.39 is 6.10 Å². The van der Waals surface area contributed by atoms with Crippen LogP contribution in [0.1, 0.15) is 40.0 Å². The standard InChI is InChI=1S/C13H24N2O3/c1-4-10(16)8-12(17)15-6-5-14-13(18)11(15)7-9(2)3/h9-11,16H,4-8H2,1-3H3,(H,14,18)/t10-,11+/m0/s1. The molecule has 0 aromatic rings. The Bertz CT molecular complexity index is 305. The van der Waals surface area contributed by atoms with Crippen LogP contribution in [0.3, 0.4) is 0 Å². The van der Waals surface area contributed by atoms with Crippen LogP contribution in [0.4, 0.5) is 0 Å². The van der Waals surface area contributed by atoms with Crippen molar-refractivity contribution in [2.24, 2.45) is 5.92 Å². The van der Waals surface area contributed by atoms with E-state index in [4.69, 9.17) is 0 Å². The predicted octanol–water partition coefficient (Wildman–Crippen LogP) is 0.520. The zero-order chi connectivity index (χ0) is 13.7. The SMILES string of the molecule is CC[C@H](O)CC(=O)N1CCNC(=O)[C@H]1CC(C)C. The minimum absolute atomic E-state index is 0.0747. The van der Waals surface area contributed by atoms with Gasteiger partial charge in [-0.2, -0.15) is 0 Å². The summed E-state index contributed by atoms with van der Waals surface area (Å²) in [5.74, 6) is 0.157. The number of hydrogen-bond donors (Lipinski definition) is 2. The number of nitrogens with zero attached hydrogens (tertiary/aromatic N) is 1. The highest BCUT2D eigenvalue weighted by Gasteiger charge is 2.33. The quantitative estimate of drug-likeness (QED) is 0.753. The Morgan fingerprint density at radius 3 is 2.78 bits per heavy atom. The van der Waals surface area contributed by atoms with E-state index >= 15 is 0 Å². The molecule has 0 radical (unpaired) electrons. The zero-order valence-electron chi connectivity index (χ0n) is 11.5. The van der Waals surface area contributed by atoms with Crippen molar-refractivity contribution in [3.05, 3.63) is 0 Å². The van der Waals surface area contributed by atoms with Crippen molar-refractivity contribution in [3.63, 3.8) is 0 Å². The largest absolute Gasteiger partial charge is 0.393 e. The second kappa shape index (κ2) is 6.73. The summed E-state index contributed by atoms with van der Waals surface area (Å²) >= 11 is 0. The maximum Gasteiger partial charge on any atom is 0.242 e. The average molecular weight is 256 g/mol. The van der Waals surface area contributed by atoms with E-state index in [0.29, 0.717) is 31.8 Å². The van der Waals surface area contributed by atoms with E-state index in [1.165, 1.54) is 0 Å². The van der Waals surface area contributed by atoms with Gasteiger partial charge in [-0.15, -0.1) is 0 Å². The van der Waals surface area contributed by atoms with Crippen molar-refractivity contribution in [3.8, 4) is 0 Å². The molecule has 1 fully saturated rings. The molecule has 5 heteroatoms. The Kier molecular flexibility index (Phi) is 5.59. The van der Waals surface area contributed by atoms with E-state index in [2.05, 4.69) is 5.32 Å². The number of carbonyl (C=O) groups excluding carboxylic acids is 2. The summed E-state index contributed by atoms with van der Waals surface area (Å²) in [5.41, 5.74) is 0. The fraction of sp³-hybridized carbons (Fsp3) is 0.846. The second-order valence-corrected chi connectivity index (χ2v) is 5.29. The van der Waals surface area contributed by atoms with Gasteiger partial charge in [-0.3, -0.25) is 9.59 Å². The molecule has 18 heavy (non-hydrogen) atoms. The van der Waals surface area contributed by atoms with Crippen LogP contribution < -0.4 is 5.32 Å². The van der Waals surface area contributed by atoms with E-state index in [-0.39, 0.29) is 24.3 Å². The maximum atomic E-state index is 12.1. The maximum absolute atomic E-state index is 12.1. The molecule has 5 nitrogen and oxygen atoms in total. The lowest BCUT2D eigenvalue weighted by molar-refractivity contribution is -0.145. The molecule has 2 atom stereocenters. The van der Waals surface area contributed by atoms with Crippen LogP contribution in [0.5, 0.6) is 0 Å². The molecule has 0 spiro atoms. The number of nitrogens with one attached hydrogen (secondary N) is 1. The van der Waals surface area contributed by atoms with Crippen LogP contribution >= 0.6 is 0 Å². The van der Waals surface area contributed by atoms with Gasteiger partial charge in [0.05, 0.1) is 12.5 Å². The van der Waals surface area contributed by atoms with Gasteiger partial charge in [-0.05, 0) is 18.8 Å². The monoisotopic (exact) mass is 256 g/mol. The molecule has 1 aliphatic rings. The third-order valence-electron chi connectivity index (χ3n) is 3.23. The summed E-state index contributed by atoms with van der Waals surface area (Å²) < 4.78 is 0. The Balaban J connectivity index is 2.69. The van der Waals surface area contributed by atoms with Crippen LogP contribution in [0.25, 0.3) is 0 Å². The summed E-state index contributed by atoms with van der Waals surface area (Å²) in [5, 5.41) is 12.3. The van der Waals surface area contributed by atoms with Crippen molar-refractivity contribution in [1.29, 1.82) is 0 Å². The van der Waals surface area contributed by atoms with Crippen LogP contribution in [-0.2, 0) is 9.59 Å². The first-order chi connectivity index (χ1) is 8.45. The second-order valence-electron chi connectivity index (χ2n) is 5.29. The summed E-state index contributed by atoms with van der Waals surface area (Å²) in [6.07, 6.45) is 0.723. The van der Waals surface area contributed by atoms with Gasteiger partial charge in [-0.25, -0.2) is 0 Å². The van der Waals surface area contributed by atoms with Gasteiger partial charge in [0.1, 0.15) is 6.04 Å². The predicted molar refractivity (Wildman–Crippen MR) is 68.9 cm³/mol. The number of rotatable bonds is 5. The van der Waals surface area contributed by atoms with Gasteiger partial charge in [0, 0.05) is 13.1 Å². The van der Waals surface area contributed by atoms with Crippen molar-refractivity contribution in [2.75, 3.05) is 13.1 Å². The van der Waals surface area contributed by atoms with Crippen molar-refractivity contribution >= 4 is 11.8 Å². The molecule has 1 heterocycles. The minimum atomic E-state index is -0.609. The van der Waals surface area contributed by atoms with Crippen molar-refractivity contribution in [1.82, 2.24) is 10.2 Å². The molecule has 0 saturated carbocycles. The minimum Gasteiger partial charge on any atom is -0.393 e. The molecule has 0 bridgehead atoms. The Labute approximate surface area is 109 Å². The molecule has 1 rings (SSSR count). The fourth-order valence-corrected chi connectivity index (χ4v) is 2.16. The summed E-state index contributed by atoms with van der Waals surface area (Å²) in [6.45, 7) is 6.95. The molecule has 1 saturated heterocycles. The highest BCUT2D eigenvalue weighted by Crippen LogP contribution is 2.16. The van der Waals surface area contributed by atoms with Gasteiger partial charge in [-0.1, -0.05) is 20.8 Å². The lowest BCUT2D eigenvalue weighted by Crippen LogP contribution is -2.57. The van der Waals surface area contributed by atoms with Gasteiger partial charge in [0.25, 0.3) is 0 Å². The third kappa shape index (κ3) is 3.98. The molecule has 1 aliphatic heterocycles. The van der Waals surface area contributed by atoms with Gasteiger partial charge in [0.15, 0.2) is 0 Å². The van der Waals surface area contributed by atoms with Crippen LogP contribution in [-0.4, -0.2) is 47.1 Å². The van der Waals surface area contributed by atoms with Crippen LogP contribution in [0.2, 0.25) is 0 Å². The molecule has 0 aliphatic carbocycles. The normalized spacial score (nSPS) is 21.9. The lowest BCUT2D eigenvalue weighted by atomic mass is 9.99. The number of aliphatic hydroxyl groups is 1. The van der Waals surface area contributed by atoms with Crippen molar-refractivity contribution < 1.29 is 14.7 Å². The van der Waals surface area contributed by atoms with E-state index in [1.54, 1.807) is 4.90 Å². The zero-order valence-corrected chi connectivity index (χ0v) is 11.5. The molecular formula is C13H24N2O3. The van der Waals surface area contributed by atoms with Gasteiger partial charge >= 0.3 is 0 Å². The number of carbonyl (C=O) groups is 2. The van der Waals surface area contributed by atoms with Crippen LogP contribution in [0.15, 0.2) is 0 Å². The van der Waals surface area contributed by atoms with E-state index in [9.17, 15) is 14.7 Å². The number of amides is 2. The molecule has 0 aromatic carbocycles. The summed E-state index contributed by atoms with van der Waals surface area (Å²) in [7, 11) is 0. The first-order valence-electron chi connectivity index (χ1n) is 6.71. The number of hydrogen-bond acceptors (Lipinski definition) is 3. The number of piperazine rings is 1. The lowest BCUT2D eigenvalue weighted by Gasteiger charge is -2.36. The average Bonchev–Trinajstić information content (AvgIpc) is 2.30. The topological polar surface area (TPSA) is 69.6 Å². The smallest absolute Gasteiger partial charge is 0.242 e. The Morgan fingerprint density at radius 2 is 2.22 bits per heavy atom. The van der Waals surface area contributed by atoms with Crippen molar-refractivity contribution in [2.45, 2.75) is 52.2 Å². The number of aliphatic hydroxyl groups excluding tert-OH is 1. The fourth-order valence-electron chi connectivity index (χ4n) is 2.16. The molecule has 2 N–H and O–H groups in total. The van der Waals surface area contributed by atoms with Gasteiger partial charge < -0.3 is 15.3 Å². The summed E-state index contributed by atoms with van der Waals surface area (Å²) in [6, 6.07) is -0.379. The molecule has 2 amide bonds. The highest BCUT2D eigenvalue weighted by molar-refractivity contribution is 5.88. The van der Waals surface area contributed by atoms with Gasteiger partial charge in [0.2, 0.25) is 11.8 Å². The Morgan fingerprint density at radius 1 is 1.56 bits per heavy atom. The third-order valence-corrected chi connectivity index (χ3v) is 3.23. The van der Waals surface area contributed by atoms with E-state index in [1.807, 2.05) is 20.8 Å².